The van der Waals surface area contributed by atoms with Gasteiger partial charge in [0.2, 0.25) is 0 Å². The minimum atomic E-state index is 0.0600. The fourth-order valence-corrected chi connectivity index (χ4v) is 2.02. The van der Waals surface area contributed by atoms with E-state index in [1.54, 1.807) is 12.1 Å². The molecule has 2 aromatic carbocycles. The van der Waals surface area contributed by atoms with Gasteiger partial charge in [-0.2, -0.15) is 5.26 Å². The zero-order valence-electron chi connectivity index (χ0n) is 11.7. The molecule has 0 aliphatic rings. The summed E-state index contributed by atoms with van der Waals surface area (Å²) in [4.78, 5) is 0. The van der Waals surface area contributed by atoms with Gasteiger partial charge in [-0.05, 0) is 36.7 Å². The van der Waals surface area contributed by atoms with Crippen LogP contribution in [0.4, 0.5) is 0 Å². The van der Waals surface area contributed by atoms with E-state index in [2.05, 4.69) is 5.32 Å². The number of hydrogen-bond donors (Lipinski definition) is 2. The van der Waals surface area contributed by atoms with Crippen LogP contribution in [0.3, 0.4) is 0 Å². The Labute approximate surface area is 124 Å². The highest BCUT2D eigenvalue weighted by atomic mass is 16.5. The number of aromatic hydroxyl groups is 1. The first kappa shape index (κ1) is 14.9. The molecule has 2 rings (SSSR count). The van der Waals surface area contributed by atoms with Crippen molar-refractivity contribution in [3.05, 3.63) is 59.7 Å². The third-order valence-electron chi connectivity index (χ3n) is 3.11. The molecule has 2 aromatic rings. The van der Waals surface area contributed by atoms with Crippen LogP contribution in [-0.2, 0) is 13.0 Å². The molecule has 0 atom stereocenters. The van der Waals surface area contributed by atoms with Crippen LogP contribution in [0.1, 0.15) is 11.1 Å². The Kier molecular flexibility index (Phi) is 5.62. The van der Waals surface area contributed by atoms with E-state index < -0.39 is 0 Å². The van der Waals surface area contributed by atoms with Crippen LogP contribution < -0.4 is 10.1 Å². The summed E-state index contributed by atoms with van der Waals surface area (Å²) in [6, 6.07) is 16.9. The van der Waals surface area contributed by atoms with Crippen LogP contribution in [0, 0.1) is 11.3 Å². The van der Waals surface area contributed by atoms with Crippen molar-refractivity contribution in [1.82, 2.24) is 5.32 Å². The molecule has 0 aromatic heterocycles. The van der Waals surface area contributed by atoms with Crippen LogP contribution in [0.5, 0.6) is 11.5 Å². The molecule has 0 bridgehead atoms. The monoisotopic (exact) mass is 282 g/mol. The lowest BCUT2D eigenvalue weighted by Crippen LogP contribution is -2.17. The molecule has 108 valence electrons. The lowest BCUT2D eigenvalue weighted by Gasteiger charge is -2.10. The third-order valence-corrected chi connectivity index (χ3v) is 3.11. The Morgan fingerprint density at radius 2 is 1.86 bits per heavy atom. The summed E-state index contributed by atoms with van der Waals surface area (Å²) in [6.45, 7) is 1.58. The second kappa shape index (κ2) is 7.93. The fourth-order valence-electron chi connectivity index (χ4n) is 2.02. The SMILES string of the molecule is N#CCOc1ccccc1CNCCc1ccc(O)cc1. The van der Waals surface area contributed by atoms with Gasteiger partial charge in [0.05, 0.1) is 0 Å². The summed E-state index contributed by atoms with van der Waals surface area (Å²) in [6.07, 6.45) is 0.890. The lowest BCUT2D eigenvalue weighted by atomic mass is 10.1. The van der Waals surface area contributed by atoms with Crippen molar-refractivity contribution in [3.63, 3.8) is 0 Å². The number of ether oxygens (including phenoxy) is 1. The van der Waals surface area contributed by atoms with E-state index in [1.807, 2.05) is 42.5 Å². The van der Waals surface area contributed by atoms with Crippen molar-refractivity contribution in [2.45, 2.75) is 13.0 Å². The molecule has 2 N–H and O–H groups in total. The van der Waals surface area contributed by atoms with Crippen LogP contribution in [0.15, 0.2) is 48.5 Å². The third kappa shape index (κ3) is 4.83. The van der Waals surface area contributed by atoms with Gasteiger partial charge in [0.25, 0.3) is 0 Å². The Balaban J connectivity index is 1.80. The molecule has 4 nitrogen and oxygen atoms in total. The van der Waals surface area contributed by atoms with Gasteiger partial charge in [0, 0.05) is 12.1 Å². The summed E-state index contributed by atoms with van der Waals surface area (Å²) in [5, 5.41) is 21.2. The topological polar surface area (TPSA) is 65.3 Å². The van der Waals surface area contributed by atoms with Gasteiger partial charge in [0.1, 0.15) is 17.6 Å². The van der Waals surface area contributed by atoms with Crippen LogP contribution in [0.25, 0.3) is 0 Å². The van der Waals surface area contributed by atoms with Gasteiger partial charge in [0.15, 0.2) is 6.61 Å². The largest absolute Gasteiger partial charge is 0.508 e. The Bertz CT molecular complexity index is 603. The maximum Gasteiger partial charge on any atom is 0.174 e. The molecule has 0 unspecified atom stereocenters. The Hall–Kier alpha value is -2.51. The first-order valence-electron chi connectivity index (χ1n) is 6.86. The van der Waals surface area contributed by atoms with Crippen LogP contribution in [0.2, 0.25) is 0 Å². The predicted octanol–water partition coefficient (Wildman–Crippen LogP) is 2.63. The number of nitrogens with zero attached hydrogens (tertiary/aromatic N) is 1. The molecule has 0 saturated heterocycles. The number of nitrogens with one attached hydrogen (secondary N) is 1. The van der Waals surface area contributed by atoms with E-state index in [9.17, 15) is 5.11 Å². The molecule has 0 spiro atoms. The highest BCUT2D eigenvalue weighted by molar-refractivity contribution is 5.33. The van der Waals surface area contributed by atoms with Crippen molar-refractivity contribution in [3.8, 4) is 17.6 Å². The van der Waals surface area contributed by atoms with Gasteiger partial charge in [-0.1, -0.05) is 30.3 Å². The summed E-state index contributed by atoms with van der Waals surface area (Å²) in [5.41, 5.74) is 2.22. The van der Waals surface area contributed by atoms with Crippen molar-refractivity contribution in [2.75, 3.05) is 13.2 Å². The molecule has 4 heteroatoms. The molecule has 0 aliphatic carbocycles. The number of nitriles is 1. The minimum absolute atomic E-state index is 0.0600. The maximum atomic E-state index is 9.23. The smallest absolute Gasteiger partial charge is 0.174 e. The zero-order chi connectivity index (χ0) is 14.9. The Morgan fingerprint density at radius 1 is 1.10 bits per heavy atom. The number of phenols is 1. The quantitative estimate of drug-likeness (QED) is 0.766. The van der Waals surface area contributed by atoms with Crippen LogP contribution >= 0.6 is 0 Å². The van der Waals surface area contributed by atoms with Gasteiger partial charge >= 0.3 is 0 Å². The highest BCUT2D eigenvalue weighted by Gasteiger charge is 2.02. The van der Waals surface area contributed by atoms with Gasteiger partial charge < -0.3 is 15.2 Å². The summed E-state index contributed by atoms with van der Waals surface area (Å²) in [5.74, 6) is 1.03. The molecule has 0 aliphatic heterocycles. The standard InChI is InChI=1S/C17H18N2O2/c18-10-12-21-17-4-2-1-3-15(17)13-19-11-9-14-5-7-16(20)8-6-14/h1-8,19-20H,9,11-13H2. The van der Waals surface area contributed by atoms with E-state index in [-0.39, 0.29) is 12.4 Å². The molecule has 0 amide bonds. The minimum Gasteiger partial charge on any atom is -0.508 e. The summed E-state index contributed by atoms with van der Waals surface area (Å²) < 4.78 is 5.39. The van der Waals surface area contributed by atoms with Crippen molar-refractivity contribution in [2.24, 2.45) is 0 Å². The van der Waals surface area contributed by atoms with Crippen molar-refractivity contribution >= 4 is 0 Å². The van der Waals surface area contributed by atoms with Gasteiger partial charge in [-0.3, -0.25) is 0 Å². The van der Waals surface area contributed by atoms with Crippen LogP contribution in [-0.4, -0.2) is 18.3 Å². The predicted molar refractivity (Wildman–Crippen MR) is 81.1 cm³/mol. The molecule has 0 radical (unpaired) electrons. The molecule has 21 heavy (non-hydrogen) atoms. The first-order chi connectivity index (χ1) is 10.3. The molecule has 0 heterocycles. The second-order valence-electron chi connectivity index (χ2n) is 4.65. The van der Waals surface area contributed by atoms with E-state index in [4.69, 9.17) is 10.00 Å². The molecule has 0 fully saturated rings. The zero-order valence-corrected chi connectivity index (χ0v) is 11.7. The average Bonchev–Trinajstić information content (AvgIpc) is 2.52. The fraction of sp³-hybridized carbons (Fsp3) is 0.235. The molecule has 0 saturated carbocycles. The van der Waals surface area contributed by atoms with E-state index in [0.717, 1.165) is 24.3 Å². The van der Waals surface area contributed by atoms with E-state index in [1.165, 1.54) is 5.56 Å². The summed E-state index contributed by atoms with van der Waals surface area (Å²) >= 11 is 0. The number of phenolic OH excluding ortho intramolecular Hbond substituents is 1. The lowest BCUT2D eigenvalue weighted by molar-refractivity contribution is 0.362. The van der Waals surface area contributed by atoms with Gasteiger partial charge in [-0.25, -0.2) is 0 Å². The average molecular weight is 282 g/mol. The number of para-hydroxylation sites is 1. The van der Waals surface area contributed by atoms with Gasteiger partial charge in [-0.15, -0.1) is 0 Å². The second-order valence-corrected chi connectivity index (χ2v) is 4.65. The van der Waals surface area contributed by atoms with Crippen molar-refractivity contribution in [1.29, 1.82) is 5.26 Å². The summed E-state index contributed by atoms with van der Waals surface area (Å²) in [7, 11) is 0. The number of hydrogen-bond acceptors (Lipinski definition) is 4. The molecular weight excluding hydrogens is 264 g/mol. The maximum absolute atomic E-state index is 9.23. The highest BCUT2D eigenvalue weighted by Crippen LogP contribution is 2.17. The number of benzene rings is 2. The Morgan fingerprint density at radius 3 is 2.62 bits per heavy atom. The first-order valence-corrected chi connectivity index (χ1v) is 6.86. The molecular formula is C17H18N2O2. The normalized spacial score (nSPS) is 10.0. The van der Waals surface area contributed by atoms with Crippen molar-refractivity contribution < 1.29 is 9.84 Å². The number of rotatable bonds is 7. The van der Waals surface area contributed by atoms with E-state index >= 15 is 0 Å². The van der Waals surface area contributed by atoms with E-state index in [0.29, 0.717) is 6.54 Å².